The van der Waals surface area contributed by atoms with Crippen LogP contribution in [-0.2, 0) is 13.5 Å². The Morgan fingerprint density at radius 1 is 1.47 bits per heavy atom. The Balaban J connectivity index is 1.93. The zero-order valence-corrected chi connectivity index (χ0v) is 11.4. The second-order valence-electron chi connectivity index (χ2n) is 4.22. The summed E-state index contributed by atoms with van der Waals surface area (Å²) in [5, 5.41) is 7.40. The van der Waals surface area contributed by atoms with E-state index < -0.39 is 5.82 Å². The van der Waals surface area contributed by atoms with Crippen LogP contribution in [0.25, 0.3) is 0 Å². The Morgan fingerprint density at radius 3 is 2.84 bits per heavy atom. The molecular weight excluding hydrogens is 263 g/mol. The Bertz CT molecular complexity index is 594. The lowest BCUT2D eigenvalue weighted by Gasteiger charge is -2.07. The normalized spacial score (nSPS) is 10.4. The number of nitrogens with zero attached hydrogens (tertiary/aromatic N) is 2. The molecule has 0 atom stereocenters. The van der Waals surface area contributed by atoms with Crippen LogP contribution in [0.3, 0.4) is 0 Å². The SMILES string of the molecule is Cn1ccc(CCNc2ccc(C(N)=S)c(F)c2)n1. The molecule has 0 bridgehead atoms. The number of nitrogens with one attached hydrogen (secondary N) is 1. The molecule has 0 radical (unpaired) electrons. The van der Waals surface area contributed by atoms with Gasteiger partial charge in [0.15, 0.2) is 0 Å². The molecule has 1 aromatic heterocycles. The fourth-order valence-corrected chi connectivity index (χ4v) is 1.92. The first-order valence-corrected chi connectivity index (χ1v) is 6.29. The van der Waals surface area contributed by atoms with Crippen LogP contribution in [0.1, 0.15) is 11.3 Å². The molecule has 3 N–H and O–H groups in total. The molecule has 19 heavy (non-hydrogen) atoms. The van der Waals surface area contributed by atoms with Gasteiger partial charge in [0.2, 0.25) is 0 Å². The van der Waals surface area contributed by atoms with Crippen LogP contribution in [0.2, 0.25) is 0 Å². The van der Waals surface area contributed by atoms with Crippen molar-refractivity contribution in [3.05, 3.63) is 47.5 Å². The number of aryl methyl sites for hydroxylation is 1. The molecule has 100 valence electrons. The predicted molar refractivity (Wildman–Crippen MR) is 77.7 cm³/mol. The zero-order chi connectivity index (χ0) is 13.8. The largest absolute Gasteiger partial charge is 0.389 e. The molecule has 0 unspecified atom stereocenters. The number of anilines is 1. The third-order valence-corrected chi connectivity index (χ3v) is 2.93. The van der Waals surface area contributed by atoms with Crippen molar-refractivity contribution in [3.63, 3.8) is 0 Å². The summed E-state index contributed by atoms with van der Waals surface area (Å²) < 4.78 is 15.4. The Labute approximate surface area is 116 Å². The van der Waals surface area contributed by atoms with Crippen molar-refractivity contribution in [1.29, 1.82) is 0 Å². The van der Waals surface area contributed by atoms with Crippen molar-refractivity contribution in [3.8, 4) is 0 Å². The highest BCUT2D eigenvalue weighted by Gasteiger charge is 2.05. The van der Waals surface area contributed by atoms with Crippen molar-refractivity contribution < 1.29 is 4.39 Å². The van der Waals surface area contributed by atoms with E-state index in [1.165, 1.54) is 6.07 Å². The van der Waals surface area contributed by atoms with Gasteiger partial charge in [-0.25, -0.2) is 4.39 Å². The number of hydrogen-bond donors (Lipinski definition) is 2. The second-order valence-corrected chi connectivity index (χ2v) is 4.66. The van der Waals surface area contributed by atoms with E-state index in [1.807, 2.05) is 19.3 Å². The molecule has 1 heterocycles. The average Bonchev–Trinajstić information content (AvgIpc) is 2.75. The van der Waals surface area contributed by atoms with E-state index in [9.17, 15) is 4.39 Å². The fraction of sp³-hybridized carbons (Fsp3) is 0.231. The Morgan fingerprint density at radius 2 is 2.26 bits per heavy atom. The van der Waals surface area contributed by atoms with Gasteiger partial charge in [0, 0.05) is 37.5 Å². The van der Waals surface area contributed by atoms with Gasteiger partial charge in [0.05, 0.1) is 5.69 Å². The first-order chi connectivity index (χ1) is 9.06. The molecule has 0 saturated carbocycles. The highest BCUT2D eigenvalue weighted by atomic mass is 32.1. The molecule has 2 aromatic rings. The summed E-state index contributed by atoms with van der Waals surface area (Å²) in [6.45, 7) is 0.683. The van der Waals surface area contributed by atoms with Crippen molar-refractivity contribution in [1.82, 2.24) is 9.78 Å². The topological polar surface area (TPSA) is 55.9 Å². The van der Waals surface area contributed by atoms with Crippen molar-refractivity contribution in [2.24, 2.45) is 12.8 Å². The monoisotopic (exact) mass is 278 g/mol. The van der Waals surface area contributed by atoms with Gasteiger partial charge in [-0.2, -0.15) is 5.10 Å². The first-order valence-electron chi connectivity index (χ1n) is 5.88. The van der Waals surface area contributed by atoms with E-state index in [0.717, 1.165) is 12.1 Å². The molecule has 6 heteroatoms. The van der Waals surface area contributed by atoms with E-state index in [4.69, 9.17) is 18.0 Å². The number of hydrogen-bond acceptors (Lipinski definition) is 3. The molecule has 0 amide bonds. The molecular formula is C13H15FN4S. The maximum atomic E-state index is 13.6. The van der Waals surface area contributed by atoms with Gasteiger partial charge >= 0.3 is 0 Å². The Kier molecular flexibility index (Phi) is 4.11. The Hall–Kier alpha value is -1.95. The maximum Gasteiger partial charge on any atom is 0.135 e. The molecule has 1 aromatic carbocycles. The van der Waals surface area contributed by atoms with E-state index in [2.05, 4.69) is 10.4 Å². The lowest BCUT2D eigenvalue weighted by atomic mass is 10.2. The zero-order valence-electron chi connectivity index (χ0n) is 10.6. The van der Waals surface area contributed by atoms with Crippen LogP contribution in [-0.4, -0.2) is 21.3 Å². The summed E-state index contributed by atoms with van der Waals surface area (Å²) in [5.74, 6) is -0.407. The third-order valence-electron chi connectivity index (χ3n) is 2.71. The number of aromatic nitrogens is 2. The number of halogens is 1. The second kappa shape index (κ2) is 5.79. The summed E-state index contributed by atoms with van der Waals surface area (Å²) in [6.07, 6.45) is 2.67. The van der Waals surface area contributed by atoms with E-state index >= 15 is 0 Å². The summed E-state index contributed by atoms with van der Waals surface area (Å²) >= 11 is 4.75. The summed E-state index contributed by atoms with van der Waals surface area (Å²) in [6, 6.07) is 6.70. The lowest BCUT2D eigenvalue weighted by molar-refractivity contribution is 0.626. The van der Waals surface area contributed by atoms with Crippen LogP contribution in [0.15, 0.2) is 30.5 Å². The number of nitrogens with two attached hydrogens (primary N) is 1. The van der Waals surface area contributed by atoms with Gasteiger partial charge in [0.25, 0.3) is 0 Å². The van der Waals surface area contributed by atoms with Gasteiger partial charge < -0.3 is 11.1 Å². The fourth-order valence-electron chi connectivity index (χ4n) is 1.76. The minimum absolute atomic E-state index is 0.0672. The van der Waals surface area contributed by atoms with Crippen LogP contribution in [0.4, 0.5) is 10.1 Å². The molecule has 2 rings (SSSR count). The van der Waals surface area contributed by atoms with Gasteiger partial charge in [-0.3, -0.25) is 4.68 Å². The van der Waals surface area contributed by atoms with Crippen molar-refractivity contribution in [2.45, 2.75) is 6.42 Å². The summed E-state index contributed by atoms with van der Waals surface area (Å²) in [5.41, 5.74) is 7.37. The average molecular weight is 278 g/mol. The highest BCUT2D eigenvalue weighted by Crippen LogP contribution is 2.14. The lowest BCUT2D eigenvalue weighted by Crippen LogP contribution is -2.12. The standard InChI is InChI=1S/C13H15FN4S/c1-18-7-5-9(17-18)4-6-16-10-2-3-11(13(15)19)12(14)8-10/h2-3,5,7-8,16H,4,6H2,1H3,(H2,15,19). The van der Waals surface area contributed by atoms with E-state index in [-0.39, 0.29) is 10.6 Å². The van der Waals surface area contributed by atoms with Crippen LogP contribution in [0.5, 0.6) is 0 Å². The maximum absolute atomic E-state index is 13.6. The molecule has 4 nitrogen and oxygen atoms in total. The molecule has 0 aliphatic rings. The molecule has 0 aliphatic carbocycles. The molecule has 0 aliphatic heterocycles. The van der Waals surface area contributed by atoms with Crippen LogP contribution < -0.4 is 11.1 Å². The van der Waals surface area contributed by atoms with Crippen LogP contribution >= 0.6 is 12.2 Å². The van der Waals surface area contributed by atoms with Gasteiger partial charge in [-0.15, -0.1) is 0 Å². The van der Waals surface area contributed by atoms with Crippen molar-refractivity contribution >= 4 is 22.9 Å². The quantitative estimate of drug-likeness (QED) is 0.820. The smallest absolute Gasteiger partial charge is 0.135 e. The molecule has 0 spiro atoms. The van der Waals surface area contributed by atoms with E-state index in [1.54, 1.807) is 16.8 Å². The number of thiocarbonyl (C=S) groups is 1. The van der Waals surface area contributed by atoms with Crippen molar-refractivity contribution in [2.75, 3.05) is 11.9 Å². The number of rotatable bonds is 5. The molecule has 0 fully saturated rings. The first kappa shape index (κ1) is 13.5. The summed E-state index contributed by atoms with van der Waals surface area (Å²) in [7, 11) is 1.88. The highest BCUT2D eigenvalue weighted by molar-refractivity contribution is 7.80. The third kappa shape index (κ3) is 3.51. The van der Waals surface area contributed by atoms with Gasteiger partial charge in [-0.05, 0) is 24.3 Å². The predicted octanol–water partition coefficient (Wildman–Crippen LogP) is 1.85. The minimum atomic E-state index is -0.407. The van der Waals surface area contributed by atoms with Gasteiger partial charge in [-0.1, -0.05) is 12.2 Å². The van der Waals surface area contributed by atoms with E-state index in [0.29, 0.717) is 12.2 Å². The summed E-state index contributed by atoms with van der Waals surface area (Å²) in [4.78, 5) is 0.0672. The van der Waals surface area contributed by atoms with Gasteiger partial charge in [0.1, 0.15) is 10.8 Å². The van der Waals surface area contributed by atoms with Crippen LogP contribution in [0, 0.1) is 5.82 Å². The minimum Gasteiger partial charge on any atom is -0.389 e. The number of benzene rings is 1. The molecule has 0 saturated heterocycles.